The summed E-state index contributed by atoms with van der Waals surface area (Å²) in [6, 6.07) is 0.595. The Balaban J connectivity index is 2.20. The van der Waals surface area contributed by atoms with Crippen LogP contribution in [0.25, 0.3) is 0 Å². The molecule has 2 N–H and O–H groups in total. The molecule has 2 saturated heterocycles. The van der Waals surface area contributed by atoms with Gasteiger partial charge in [0.1, 0.15) is 17.9 Å². The number of quaternary nitrogens is 1. The molecule has 0 amide bonds. The molecule has 3 nitrogen and oxygen atoms in total. The third-order valence-electron chi connectivity index (χ3n) is 3.14. The largest absolute Gasteiger partial charge is 0.387 e. The number of hydrogen-bond acceptors (Lipinski definition) is 2. The Morgan fingerprint density at radius 3 is 2.91 bits per heavy atom. The van der Waals surface area contributed by atoms with Crippen LogP contribution in [-0.4, -0.2) is 36.1 Å². The van der Waals surface area contributed by atoms with Gasteiger partial charge in [-0.2, -0.15) is 0 Å². The smallest absolute Gasteiger partial charge is 0.144 e. The predicted molar refractivity (Wildman–Crippen MR) is 39.3 cm³/mol. The third-order valence-corrected chi connectivity index (χ3v) is 3.14. The fraction of sp³-hybridized carbons (Fsp3) is 0.875. The molecular formula is C8H14NO2+. The highest BCUT2D eigenvalue weighted by atomic mass is 16.3. The second kappa shape index (κ2) is 2.29. The number of hydrogen-bond donors (Lipinski definition) is 2. The molecule has 62 valence electrons. The van der Waals surface area contributed by atoms with E-state index in [2.05, 4.69) is 7.05 Å². The lowest BCUT2D eigenvalue weighted by molar-refractivity contribution is -0.919. The van der Waals surface area contributed by atoms with Crippen molar-refractivity contribution in [3.8, 4) is 0 Å². The molecule has 2 rings (SSSR count). The molecule has 1 unspecified atom stereocenters. The van der Waals surface area contributed by atoms with E-state index in [1.165, 1.54) is 4.90 Å². The molecule has 2 heterocycles. The Hall–Kier alpha value is -0.410. The van der Waals surface area contributed by atoms with Crippen molar-refractivity contribution in [3.05, 3.63) is 0 Å². The van der Waals surface area contributed by atoms with Gasteiger partial charge < -0.3 is 10.0 Å². The van der Waals surface area contributed by atoms with Gasteiger partial charge in [0.2, 0.25) is 0 Å². The number of fused-ring (bicyclic) bond motifs is 2. The summed E-state index contributed by atoms with van der Waals surface area (Å²) >= 11 is 0. The lowest BCUT2D eigenvalue weighted by Gasteiger charge is -2.26. The Morgan fingerprint density at radius 2 is 2.27 bits per heavy atom. The van der Waals surface area contributed by atoms with Crippen LogP contribution in [-0.2, 0) is 4.79 Å². The zero-order chi connectivity index (χ0) is 8.01. The molecular weight excluding hydrogens is 142 g/mol. The molecule has 2 aliphatic rings. The predicted octanol–water partition coefficient (Wildman–Crippen LogP) is -1.63. The minimum absolute atomic E-state index is 0.196. The van der Waals surface area contributed by atoms with Gasteiger partial charge in [0.05, 0.1) is 25.9 Å². The second-order valence-electron chi connectivity index (χ2n) is 3.80. The maximum atomic E-state index is 11.1. The summed E-state index contributed by atoms with van der Waals surface area (Å²) in [6.45, 7) is 0. The van der Waals surface area contributed by atoms with Gasteiger partial charge in [0, 0.05) is 6.42 Å². The van der Waals surface area contributed by atoms with E-state index in [1.54, 1.807) is 0 Å². The van der Waals surface area contributed by atoms with Gasteiger partial charge in [0.15, 0.2) is 0 Å². The van der Waals surface area contributed by atoms with Crippen molar-refractivity contribution in [1.82, 2.24) is 0 Å². The molecule has 0 saturated carbocycles. The number of piperidine rings is 1. The van der Waals surface area contributed by atoms with Crippen LogP contribution in [0.2, 0.25) is 0 Å². The van der Waals surface area contributed by atoms with E-state index in [4.69, 9.17) is 0 Å². The van der Waals surface area contributed by atoms with Crippen LogP contribution in [0, 0.1) is 0 Å². The summed E-state index contributed by atoms with van der Waals surface area (Å²) in [4.78, 5) is 12.4. The van der Waals surface area contributed by atoms with Crippen molar-refractivity contribution in [1.29, 1.82) is 0 Å². The highest BCUT2D eigenvalue weighted by Crippen LogP contribution is 2.19. The lowest BCUT2D eigenvalue weighted by Crippen LogP contribution is -3.16. The van der Waals surface area contributed by atoms with Crippen molar-refractivity contribution >= 4 is 5.78 Å². The van der Waals surface area contributed by atoms with Gasteiger partial charge in [0.25, 0.3) is 0 Å². The van der Waals surface area contributed by atoms with E-state index < -0.39 is 0 Å². The first kappa shape index (κ1) is 7.25. The number of Topliss-reactive ketones (excluding diaryl/α,β-unsaturated/α-hetero) is 1. The molecule has 0 spiro atoms. The van der Waals surface area contributed by atoms with Crippen LogP contribution in [0.5, 0.6) is 0 Å². The standard InChI is InChI=1S/C8H13NO2/c1-9-5-2-6(10)4-7(9)8(11)3-5/h5,7-8,11H,2-4H2,1H3/p+1/t5-,7+,8+/m1/s1. The topological polar surface area (TPSA) is 41.7 Å². The van der Waals surface area contributed by atoms with Crippen molar-refractivity contribution in [3.63, 3.8) is 0 Å². The van der Waals surface area contributed by atoms with E-state index in [-0.39, 0.29) is 12.1 Å². The SMILES string of the molecule is C[NH+]1[C@@H]2CC(=O)C[C@H]1[C@@H](O)C2. The van der Waals surface area contributed by atoms with Crippen LogP contribution in [0.15, 0.2) is 0 Å². The number of carbonyl (C=O) groups is 1. The first-order valence-electron chi connectivity index (χ1n) is 4.21. The zero-order valence-corrected chi connectivity index (χ0v) is 6.71. The summed E-state index contributed by atoms with van der Waals surface area (Å²) < 4.78 is 0. The van der Waals surface area contributed by atoms with Gasteiger partial charge in [-0.1, -0.05) is 0 Å². The molecule has 11 heavy (non-hydrogen) atoms. The maximum absolute atomic E-state index is 11.1. The molecule has 0 aromatic carbocycles. The Morgan fingerprint density at radius 1 is 1.55 bits per heavy atom. The number of rotatable bonds is 0. The van der Waals surface area contributed by atoms with E-state index in [9.17, 15) is 9.90 Å². The number of likely N-dealkylation sites (N-methyl/N-ethyl adjacent to an activating group) is 1. The quantitative estimate of drug-likeness (QED) is 0.442. The maximum Gasteiger partial charge on any atom is 0.144 e. The van der Waals surface area contributed by atoms with E-state index in [0.29, 0.717) is 24.7 Å². The van der Waals surface area contributed by atoms with Gasteiger partial charge in [-0.3, -0.25) is 4.79 Å². The monoisotopic (exact) mass is 156 g/mol. The molecule has 0 aromatic rings. The first-order valence-corrected chi connectivity index (χ1v) is 4.21. The van der Waals surface area contributed by atoms with Crippen LogP contribution in [0.1, 0.15) is 19.3 Å². The van der Waals surface area contributed by atoms with Gasteiger partial charge in [-0.05, 0) is 0 Å². The van der Waals surface area contributed by atoms with Crippen LogP contribution in [0.3, 0.4) is 0 Å². The number of aliphatic hydroxyl groups excluding tert-OH is 1. The average Bonchev–Trinajstić information content (AvgIpc) is 2.17. The minimum atomic E-state index is -0.230. The highest BCUT2D eigenvalue weighted by molar-refractivity contribution is 5.80. The molecule has 0 aromatic heterocycles. The van der Waals surface area contributed by atoms with Crippen molar-refractivity contribution in [2.24, 2.45) is 0 Å². The average molecular weight is 156 g/mol. The van der Waals surface area contributed by atoms with E-state index >= 15 is 0 Å². The zero-order valence-electron chi connectivity index (χ0n) is 6.71. The van der Waals surface area contributed by atoms with Crippen molar-refractivity contribution < 1.29 is 14.8 Å². The normalized spacial score (nSPS) is 49.8. The number of carbonyl (C=O) groups excluding carboxylic acids is 1. The highest BCUT2D eigenvalue weighted by Gasteiger charge is 2.47. The second-order valence-corrected chi connectivity index (χ2v) is 3.80. The van der Waals surface area contributed by atoms with Gasteiger partial charge in [-0.25, -0.2) is 0 Å². The summed E-state index contributed by atoms with van der Waals surface area (Å²) in [5, 5.41) is 9.51. The Kier molecular flexibility index (Phi) is 1.51. The Bertz CT molecular complexity index is 193. The summed E-state index contributed by atoms with van der Waals surface area (Å²) in [7, 11) is 2.08. The fourth-order valence-electron chi connectivity index (χ4n) is 2.39. The van der Waals surface area contributed by atoms with Gasteiger partial charge >= 0.3 is 0 Å². The number of nitrogens with one attached hydrogen (secondary N) is 1. The van der Waals surface area contributed by atoms with Crippen LogP contribution < -0.4 is 4.90 Å². The first-order chi connectivity index (χ1) is 5.18. The number of aliphatic hydroxyl groups is 1. The number of ketones is 1. The van der Waals surface area contributed by atoms with Crippen LogP contribution in [0.4, 0.5) is 0 Å². The summed E-state index contributed by atoms with van der Waals surface area (Å²) in [5.41, 5.74) is 0. The fourth-order valence-corrected chi connectivity index (χ4v) is 2.39. The molecule has 0 radical (unpaired) electrons. The van der Waals surface area contributed by atoms with E-state index in [0.717, 1.165) is 6.42 Å². The lowest BCUT2D eigenvalue weighted by atomic mass is 10.0. The molecule has 2 fully saturated rings. The molecule has 4 atom stereocenters. The van der Waals surface area contributed by atoms with Crippen LogP contribution >= 0.6 is 0 Å². The summed E-state index contributed by atoms with van der Waals surface area (Å²) in [5.74, 6) is 0.335. The molecule has 0 aliphatic carbocycles. The molecule has 2 aliphatic heterocycles. The van der Waals surface area contributed by atoms with Gasteiger partial charge in [-0.15, -0.1) is 0 Å². The van der Waals surface area contributed by atoms with Crippen molar-refractivity contribution in [2.45, 2.75) is 37.5 Å². The van der Waals surface area contributed by atoms with E-state index in [1.807, 2.05) is 0 Å². The third kappa shape index (κ3) is 0.993. The Labute approximate surface area is 66.0 Å². The minimum Gasteiger partial charge on any atom is -0.387 e. The molecule has 2 bridgehead atoms. The van der Waals surface area contributed by atoms with Crippen molar-refractivity contribution in [2.75, 3.05) is 7.05 Å². The molecule has 3 heteroatoms. The summed E-state index contributed by atoms with van der Waals surface area (Å²) in [6.07, 6.45) is 1.86.